The summed E-state index contributed by atoms with van der Waals surface area (Å²) in [5, 5.41) is 0. The number of nitrogens with zero attached hydrogens (tertiary/aromatic N) is 3. The van der Waals surface area contributed by atoms with Gasteiger partial charge in [-0.25, -0.2) is 4.98 Å². The van der Waals surface area contributed by atoms with Crippen LogP contribution in [0.2, 0.25) is 0 Å². The van der Waals surface area contributed by atoms with E-state index in [0.29, 0.717) is 5.69 Å². The molecule has 2 aromatic rings. The molecule has 0 spiro atoms. The maximum absolute atomic E-state index is 12.5. The number of fused-ring (bicyclic) bond motifs is 1. The number of likely N-dealkylation sites (tertiary alicyclic amines) is 1. The van der Waals surface area contributed by atoms with E-state index in [9.17, 15) is 4.79 Å². The second-order valence-electron chi connectivity index (χ2n) is 5.30. The Morgan fingerprint density at radius 3 is 2.35 bits per heavy atom. The standard InChI is InChI=1S/C16H19N3O/c20-16(19-10-6-2-1-3-7-11-19)15-12-17-13-8-4-5-9-14(13)18-15/h4-5,8-9,12H,1-3,6-7,10-11H2. The Balaban J connectivity index is 1.83. The molecule has 1 aromatic heterocycles. The first-order valence-electron chi connectivity index (χ1n) is 7.36. The highest BCUT2D eigenvalue weighted by atomic mass is 16.2. The monoisotopic (exact) mass is 269 g/mol. The molecule has 0 N–H and O–H groups in total. The normalized spacial score (nSPS) is 16.7. The molecule has 1 amide bonds. The van der Waals surface area contributed by atoms with Crippen molar-refractivity contribution in [3.63, 3.8) is 0 Å². The first-order chi connectivity index (χ1) is 9.84. The second-order valence-corrected chi connectivity index (χ2v) is 5.30. The lowest BCUT2D eigenvalue weighted by atomic mass is 10.1. The van der Waals surface area contributed by atoms with Crippen molar-refractivity contribution in [3.05, 3.63) is 36.2 Å². The molecule has 20 heavy (non-hydrogen) atoms. The third kappa shape index (κ3) is 2.79. The number of benzene rings is 1. The molecule has 0 atom stereocenters. The molecule has 4 heteroatoms. The van der Waals surface area contributed by atoms with E-state index in [1.165, 1.54) is 19.3 Å². The van der Waals surface area contributed by atoms with E-state index in [4.69, 9.17) is 0 Å². The lowest BCUT2D eigenvalue weighted by molar-refractivity contribution is 0.0736. The van der Waals surface area contributed by atoms with E-state index < -0.39 is 0 Å². The fraction of sp³-hybridized carbons (Fsp3) is 0.438. The van der Waals surface area contributed by atoms with Gasteiger partial charge in [-0.2, -0.15) is 0 Å². The zero-order chi connectivity index (χ0) is 13.8. The van der Waals surface area contributed by atoms with Gasteiger partial charge in [0.15, 0.2) is 0 Å². The maximum Gasteiger partial charge on any atom is 0.274 e. The van der Waals surface area contributed by atoms with Crippen LogP contribution >= 0.6 is 0 Å². The van der Waals surface area contributed by atoms with Crippen molar-refractivity contribution >= 4 is 16.9 Å². The van der Waals surface area contributed by atoms with Gasteiger partial charge < -0.3 is 4.90 Å². The van der Waals surface area contributed by atoms with Crippen molar-refractivity contribution in [1.29, 1.82) is 0 Å². The quantitative estimate of drug-likeness (QED) is 0.799. The highest BCUT2D eigenvalue weighted by Gasteiger charge is 2.18. The van der Waals surface area contributed by atoms with Crippen LogP contribution in [0.5, 0.6) is 0 Å². The lowest BCUT2D eigenvalue weighted by Crippen LogP contribution is -2.34. The van der Waals surface area contributed by atoms with Crippen LogP contribution in [0, 0.1) is 0 Å². The number of hydrogen-bond acceptors (Lipinski definition) is 3. The van der Waals surface area contributed by atoms with Gasteiger partial charge in [-0.05, 0) is 25.0 Å². The highest BCUT2D eigenvalue weighted by molar-refractivity contribution is 5.93. The predicted molar refractivity (Wildman–Crippen MR) is 78.5 cm³/mol. The molecule has 0 unspecified atom stereocenters. The minimum atomic E-state index is 0.0187. The van der Waals surface area contributed by atoms with Crippen molar-refractivity contribution in [1.82, 2.24) is 14.9 Å². The number of rotatable bonds is 1. The van der Waals surface area contributed by atoms with Gasteiger partial charge in [0.2, 0.25) is 0 Å². The molecule has 1 aromatic carbocycles. The number of aromatic nitrogens is 2. The van der Waals surface area contributed by atoms with Crippen molar-refractivity contribution in [2.24, 2.45) is 0 Å². The van der Waals surface area contributed by atoms with Gasteiger partial charge in [0.1, 0.15) is 5.69 Å². The number of carbonyl (C=O) groups is 1. The molecule has 0 bridgehead atoms. The molecular formula is C16H19N3O. The molecule has 1 saturated heterocycles. The Kier molecular flexibility index (Phi) is 3.90. The van der Waals surface area contributed by atoms with Gasteiger partial charge in [0.05, 0.1) is 17.2 Å². The van der Waals surface area contributed by atoms with E-state index in [0.717, 1.165) is 37.0 Å². The van der Waals surface area contributed by atoms with Crippen LogP contribution in [0.1, 0.15) is 42.6 Å². The summed E-state index contributed by atoms with van der Waals surface area (Å²) in [6, 6.07) is 7.65. The van der Waals surface area contributed by atoms with Gasteiger partial charge in [-0.15, -0.1) is 0 Å². The van der Waals surface area contributed by atoms with Gasteiger partial charge >= 0.3 is 0 Å². The summed E-state index contributed by atoms with van der Waals surface area (Å²) in [6.07, 6.45) is 7.50. The predicted octanol–water partition coefficient (Wildman–Crippen LogP) is 3.04. The molecule has 0 saturated carbocycles. The summed E-state index contributed by atoms with van der Waals surface area (Å²) in [5.41, 5.74) is 2.08. The average Bonchev–Trinajstić information content (AvgIpc) is 2.46. The smallest absolute Gasteiger partial charge is 0.274 e. The van der Waals surface area contributed by atoms with E-state index in [-0.39, 0.29) is 5.91 Å². The van der Waals surface area contributed by atoms with E-state index in [1.807, 2.05) is 29.2 Å². The van der Waals surface area contributed by atoms with Crippen LogP contribution in [0.25, 0.3) is 11.0 Å². The number of hydrogen-bond donors (Lipinski definition) is 0. The Morgan fingerprint density at radius 2 is 1.60 bits per heavy atom. The SMILES string of the molecule is O=C(c1cnc2ccccc2n1)N1CCCCCCC1. The molecule has 2 heterocycles. The van der Waals surface area contributed by atoms with Gasteiger partial charge in [-0.3, -0.25) is 9.78 Å². The summed E-state index contributed by atoms with van der Waals surface area (Å²) >= 11 is 0. The van der Waals surface area contributed by atoms with Crippen molar-refractivity contribution < 1.29 is 4.79 Å². The lowest BCUT2D eigenvalue weighted by Gasteiger charge is -2.24. The highest BCUT2D eigenvalue weighted by Crippen LogP contribution is 2.14. The summed E-state index contributed by atoms with van der Waals surface area (Å²) < 4.78 is 0. The van der Waals surface area contributed by atoms with Crippen molar-refractivity contribution in [2.45, 2.75) is 32.1 Å². The molecule has 1 aliphatic rings. The van der Waals surface area contributed by atoms with Gasteiger partial charge in [0, 0.05) is 13.1 Å². The Hall–Kier alpha value is -1.97. The van der Waals surface area contributed by atoms with E-state index >= 15 is 0 Å². The topological polar surface area (TPSA) is 46.1 Å². The molecule has 1 aliphatic heterocycles. The van der Waals surface area contributed by atoms with Crippen LogP contribution < -0.4 is 0 Å². The van der Waals surface area contributed by atoms with Crippen LogP contribution in [0.3, 0.4) is 0 Å². The van der Waals surface area contributed by atoms with Gasteiger partial charge in [-0.1, -0.05) is 31.4 Å². The molecule has 0 radical (unpaired) electrons. The number of para-hydroxylation sites is 2. The molecule has 4 nitrogen and oxygen atoms in total. The molecule has 3 rings (SSSR count). The Labute approximate surface area is 118 Å². The zero-order valence-electron chi connectivity index (χ0n) is 11.6. The minimum absolute atomic E-state index is 0.0187. The number of carbonyl (C=O) groups excluding carboxylic acids is 1. The molecule has 104 valence electrons. The molecular weight excluding hydrogens is 250 g/mol. The van der Waals surface area contributed by atoms with Crippen LogP contribution in [0.15, 0.2) is 30.5 Å². The third-order valence-electron chi connectivity index (χ3n) is 3.81. The Bertz CT molecular complexity index is 603. The summed E-state index contributed by atoms with van der Waals surface area (Å²) in [6.45, 7) is 1.68. The summed E-state index contributed by atoms with van der Waals surface area (Å²) in [5.74, 6) is 0.0187. The average molecular weight is 269 g/mol. The van der Waals surface area contributed by atoms with E-state index in [1.54, 1.807) is 6.20 Å². The second kappa shape index (κ2) is 5.99. The van der Waals surface area contributed by atoms with Crippen molar-refractivity contribution in [3.8, 4) is 0 Å². The molecule has 0 aliphatic carbocycles. The first kappa shape index (κ1) is 13.0. The van der Waals surface area contributed by atoms with Crippen LogP contribution in [-0.2, 0) is 0 Å². The van der Waals surface area contributed by atoms with Gasteiger partial charge in [0.25, 0.3) is 5.91 Å². The fourth-order valence-electron chi connectivity index (χ4n) is 2.67. The molecule has 1 fully saturated rings. The summed E-state index contributed by atoms with van der Waals surface area (Å²) in [4.78, 5) is 23.2. The largest absolute Gasteiger partial charge is 0.337 e. The van der Waals surface area contributed by atoms with Crippen LogP contribution in [0.4, 0.5) is 0 Å². The number of amides is 1. The van der Waals surface area contributed by atoms with Crippen LogP contribution in [-0.4, -0.2) is 33.9 Å². The fourth-order valence-corrected chi connectivity index (χ4v) is 2.67. The Morgan fingerprint density at radius 1 is 0.950 bits per heavy atom. The maximum atomic E-state index is 12.5. The first-order valence-corrected chi connectivity index (χ1v) is 7.36. The third-order valence-corrected chi connectivity index (χ3v) is 3.81. The zero-order valence-corrected chi connectivity index (χ0v) is 11.6. The van der Waals surface area contributed by atoms with Crippen molar-refractivity contribution in [2.75, 3.05) is 13.1 Å². The van der Waals surface area contributed by atoms with E-state index in [2.05, 4.69) is 9.97 Å². The summed E-state index contributed by atoms with van der Waals surface area (Å²) in [7, 11) is 0. The minimum Gasteiger partial charge on any atom is -0.337 e.